The van der Waals surface area contributed by atoms with Crippen LogP contribution in [0.1, 0.15) is 0 Å². The van der Waals surface area contributed by atoms with E-state index in [0.717, 1.165) is 170 Å². The second-order valence-electron chi connectivity index (χ2n) is 27.2. The second-order valence-corrected chi connectivity index (χ2v) is 29.9. The van der Waals surface area contributed by atoms with E-state index >= 15 is 0 Å². The smallest absolute Gasteiger partial charge is 0.252 e. The first-order valence-electron chi connectivity index (χ1n) is 34.4. The number of halogens is 3. The van der Waals surface area contributed by atoms with E-state index in [9.17, 15) is 0 Å². The molecule has 4 heterocycles. The lowest BCUT2D eigenvalue weighted by Crippen LogP contribution is -2.58. The molecule has 101 heavy (non-hydrogen) atoms. The second kappa shape index (κ2) is 23.0. The Morgan fingerprint density at radius 1 is 0.198 bits per heavy atom. The van der Waals surface area contributed by atoms with Gasteiger partial charge in [-0.2, -0.15) is 0 Å². The van der Waals surface area contributed by atoms with Crippen molar-refractivity contribution >= 4 is 126 Å². The van der Waals surface area contributed by atoms with E-state index in [1.807, 2.05) is 0 Å². The average Bonchev–Trinajstić information content (AvgIpc) is 0.665. The number of hydrogen-bond donors (Lipinski definition) is 0. The van der Waals surface area contributed by atoms with Crippen molar-refractivity contribution in [3.05, 3.63) is 335 Å². The molecule has 0 amide bonds. The van der Waals surface area contributed by atoms with Gasteiger partial charge in [0.1, 0.15) is 23.0 Å². The van der Waals surface area contributed by atoms with Crippen LogP contribution in [0, 0.1) is 0 Å². The summed E-state index contributed by atoms with van der Waals surface area (Å²) >= 11 is 12.2. The van der Waals surface area contributed by atoms with Crippen LogP contribution in [0.5, 0.6) is 23.0 Å². The first-order chi connectivity index (χ1) is 49.8. The van der Waals surface area contributed by atoms with Crippen LogP contribution in [-0.2, 0) is 0 Å². The summed E-state index contributed by atoms with van der Waals surface area (Å²) in [4.78, 5) is 0. The zero-order valence-corrected chi connectivity index (χ0v) is 59.0. The summed E-state index contributed by atoms with van der Waals surface area (Å²) in [6, 6.07) is 120. The molecule has 0 aliphatic carbocycles. The van der Waals surface area contributed by atoms with E-state index in [1.54, 1.807) is 0 Å². The van der Waals surface area contributed by atoms with E-state index < -0.39 is 0 Å². The fourth-order valence-electron chi connectivity index (χ4n) is 17.5. The van der Waals surface area contributed by atoms with Crippen molar-refractivity contribution in [2.75, 3.05) is 0 Å². The quantitative estimate of drug-likeness (QED) is 0.106. The number of ether oxygens (including phenoxy) is 2. The zero-order valence-electron chi connectivity index (χ0n) is 54.2. The highest BCUT2D eigenvalue weighted by Crippen LogP contribution is 2.56. The molecule has 0 aromatic heterocycles. The summed E-state index contributed by atoms with van der Waals surface area (Å²) in [6.07, 6.45) is 0. The molecule has 0 N–H and O–H groups in total. The number of hydrogen-bond acceptors (Lipinski definition) is 2. The number of benzene rings is 17. The zero-order chi connectivity index (χ0) is 66.7. The summed E-state index contributed by atoms with van der Waals surface area (Å²) in [6.45, 7) is -0.429. The van der Waals surface area contributed by atoms with E-state index in [2.05, 4.69) is 369 Å². The topological polar surface area (TPSA) is 18.5 Å². The van der Waals surface area contributed by atoms with Crippen LogP contribution >= 0.6 is 47.8 Å². The molecule has 21 rings (SSSR count). The van der Waals surface area contributed by atoms with Gasteiger partial charge in [-0.25, -0.2) is 0 Å². The van der Waals surface area contributed by atoms with Crippen LogP contribution in [0.4, 0.5) is 0 Å². The van der Waals surface area contributed by atoms with Crippen molar-refractivity contribution in [1.29, 1.82) is 0 Å². The Kier molecular flexibility index (Phi) is 13.4. The maximum atomic E-state index is 7.43. The molecule has 0 unspecified atom stereocenters. The molecule has 17 aromatic rings. The fraction of sp³-hybridized carbons (Fsp3) is 0. The van der Waals surface area contributed by atoms with E-state index in [1.165, 1.54) is 54.4 Å². The van der Waals surface area contributed by atoms with Gasteiger partial charge < -0.3 is 9.47 Å². The fourth-order valence-corrected chi connectivity index (χ4v) is 18.7. The van der Waals surface area contributed by atoms with Crippen molar-refractivity contribution in [1.82, 2.24) is 0 Å². The summed E-state index contributed by atoms with van der Waals surface area (Å²) < 4.78 is 17.5. The standard InChI is InChI=1S/C94H53B2Br3O2/c97-64-37-39-80-84(47-64)101-86-49-66(99)46-78-74-51-71(87-67(57-28-14-4-15-29-57)40-62(55-24-10-2-11-25-55)41-68(87)58-30-16-5-17-31-58)75-52-81-89-73(77-45-65(98)48-85-93(77)95(81)79-38-36-61(44-83(79)100-85)54-22-8-1-9-23-54)50-72(76-53-82(96(80)94(78)86)90(74)92(75)91(76)89)88-69(59-32-18-6-19-33-59)42-63(56-26-12-3-13-27-56)43-70(88)60-34-20-7-21-35-60/h1-53H. The molecule has 4 aliphatic heterocycles. The van der Waals surface area contributed by atoms with Gasteiger partial charge in [-0.3, -0.25) is 0 Å². The molecular weight excluding hydrogens is 1420 g/mol. The lowest BCUT2D eigenvalue weighted by molar-refractivity contribution is 0.487. The normalized spacial score (nSPS) is 12.6. The van der Waals surface area contributed by atoms with Gasteiger partial charge in [0.05, 0.1) is 0 Å². The van der Waals surface area contributed by atoms with E-state index in [0.29, 0.717) is 0 Å². The molecule has 0 saturated carbocycles. The van der Waals surface area contributed by atoms with Crippen molar-refractivity contribution in [3.63, 3.8) is 0 Å². The lowest BCUT2D eigenvalue weighted by Gasteiger charge is -2.38. The highest BCUT2D eigenvalue weighted by atomic mass is 79.9. The van der Waals surface area contributed by atoms with Crippen molar-refractivity contribution in [3.8, 4) is 145 Å². The minimum Gasteiger partial charge on any atom is -0.458 e. The third-order valence-corrected chi connectivity index (χ3v) is 23.1. The highest BCUT2D eigenvalue weighted by molar-refractivity contribution is 9.11. The first kappa shape index (κ1) is 58.9. The van der Waals surface area contributed by atoms with Crippen molar-refractivity contribution in [2.24, 2.45) is 0 Å². The minimum absolute atomic E-state index is 0.206. The van der Waals surface area contributed by atoms with Crippen LogP contribution in [0.3, 0.4) is 0 Å². The largest absolute Gasteiger partial charge is 0.458 e. The Hall–Kier alpha value is -11.1. The molecule has 7 heteroatoms. The molecule has 0 fully saturated rings. The molecule has 0 atom stereocenters. The van der Waals surface area contributed by atoms with E-state index in [-0.39, 0.29) is 13.4 Å². The predicted octanol–water partition coefficient (Wildman–Crippen LogP) is 23.1. The van der Waals surface area contributed by atoms with Gasteiger partial charge in [0.15, 0.2) is 0 Å². The Bertz CT molecular complexity index is 6210. The van der Waals surface area contributed by atoms with Crippen LogP contribution in [-0.4, -0.2) is 13.4 Å². The van der Waals surface area contributed by atoms with Crippen molar-refractivity contribution in [2.45, 2.75) is 0 Å². The minimum atomic E-state index is -0.223. The maximum absolute atomic E-state index is 7.43. The van der Waals surface area contributed by atoms with Crippen LogP contribution in [0.25, 0.3) is 155 Å². The first-order valence-corrected chi connectivity index (χ1v) is 36.8. The van der Waals surface area contributed by atoms with Gasteiger partial charge in [0, 0.05) is 13.4 Å². The third kappa shape index (κ3) is 9.16. The molecule has 0 saturated heterocycles. The molecule has 0 radical (unpaired) electrons. The molecule has 17 aromatic carbocycles. The van der Waals surface area contributed by atoms with Crippen LogP contribution in [0.15, 0.2) is 335 Å². The molecule has 0 bridgehead atoms. The van der Waals surface area contributed by atoms with E-state index in [4.69, 9.17) is 9.47 Å². The molecule has 4 aliphatic rings. The summed E-state index contributed by atoms with van der Waals surface area (Å²) in [7, 11) is 0. The van der Waals surface area contributed by atoms with Gasteiger partial charge in [-0.1, -0.05) is 301 Å². The van der Waals surface area contributed by atoms with Gasteiger partial charge >= 0.3 is 0 Å². The van der Waals surface area contributed by atoms with Crippen molar-refractivity contribution < 1.29 is 9.47 Å². The Morgan fingerprint density at radius 3 is 0.901 bits per heavy atom. The summed E-state index contributed by atoms with van der Waals surface area (Å²) in [5.41, 5.74) is 32.4. The Balaban J connectivity index is 1.01. The summed E-state index contributed by atoms with van der Waals surface area (Å²) in [5.74, 6) is 3.39. The summed E-state index contributed by atoms with van der Waals surface area (Å²) in [5, 5.41) is 7.35. The maximum Gasteiger partial charge on any atom is 0.252 e. The number of fused-ring (bicyclic) bond motifs is 8. The Morgan fingerprint density at radius 2 is 0.525 bits per heavy atom. The molecular formula is C94H53B2Br3O2. The third-order valence-electron chi connectivity index (χ3n) is 21.7. The SMILES string of the molecule is Brc1ccc2c(c1)Oc1cc(Br)cc3c1B2c1cc2c(-c4c(-c5ccccc5)cc(-c5ccccc5)cc4-c4ccccc4)cc4c5c(cc6c(-c7c(-c8ccccc8)cc(-c8ccccc8)cc7-c7ccccc7)cc-3c1c6c25)B1c2ccc(-c3ccccc3)cc2Oc2cc(Br)cc-4c21. The monoisotopic (exact) mass is 1470 g/mol. The van der Waals surface area contributed by atoms with Gasteiger partial charge in [0.25, 0.3) is 13.4 Å². The van der Waals surface area contributed by atoms with Crippen LogP contribution in [0.2, 0.25) is 0 Å². The molecule has 2 nitrogen and oxygen atoms in total. The van der Waals surface area contributed by atoms with Gasteiger partial charge in [-0.15, -0.1) is 0 Å². The highest BCUT2D eigenvalue weighted by Gasteiger charge is 2.45. The van der Waals surface area contributed by atoms with Gasteiger partial charge in [0.2, 0.25) is 0 Å². The predicted molar refractivity (Wildman–Crippen MR) is 435 cm³/mol. The number of rotatable bonds is 9. The molecule has 468 valence electrons. The van der Waals surface area contributed by atoms with Crippen LogP contribution < -0.4 is 42.3 Å². The molecule has 0 spiro atoms. The van der Waals surface area contributed by atoms with Gasteiger partial charge in [-0.05, 0) is 255 Å². The Labute approximate surface area is 611 Å². The average molecular weight is 1480 g/mol. The lowest BCUT2D eigenvalue weighted by atomic mass is 9.32.